The van der Waals surface area contributed by atoms with Gasteiger partial charge >= 0.3 is 0 Å². The van der Waals surface area contributed by atoms with Gasteiger partial charge in [0, 0.05) is 30.5 Å². The van der Waals surface area contributed by atoms with E-state index in [4.69, 9.17) is 11.6 Å². The molecule has 108 valence electrons. The van der Waals surface area contributed by atoms with Crippen LogP contribution in [0.25, 0.3) is 0 Å². The third-order valence-corrected chi connectivity index (χ3v) is 5.07. The largest absolute Gasteiger partial charge is 0.273 e. The number of sulfonamides is 1. The van der Waals surface area contributed by atoms with Crippen LogP contribution in [0.3, 0.4) is 0 Å². The van der Waals surface area contributed by atoms with Crippen LogP contribution in [0, 0.1) is 6.92 Å². The summed E-state index contributed by atoms with van der Waals surface area (Å²) in [4.78, 5) is 3.74. The van der Waals surface area contributed by atoms with E-state index in [0.717, 1.165) is 11.3 Å². The molecular weight excluding hydrogens is 300 g/mol. The second kappa shape index (κ2) is 5.51. The van der Waals surface area contributed by atoms with E-state index >= 15 is 0 Å². The number of hydrogen-bond donors (Lipinski definition) is 1. The lowest BCUT2D eigenvalue weighted by Gasteiger charge is -2.14. The first-order valence-corrected chi connectivity index (χ1v) is 7.80. The predicted molar refractivity (Wildman–Crippen MR) is 75.9 cm³/mol. The van der Waals surface area contributed by atoms with E-state index in [9.17, 15) is 8.42 Å². The number of hydrogen-bond acceptors (Lipinski definition) is 4. The monoisotopic (exact) mass is 314 g/mol. The number of nitrogens with one attached hydrogen (secondary N) is 1. The maximum atomic E-state index is 12.3. The predicted octanol–water partition coefficient (Wildman–Crippen LogP) is 1.82. The van der Waals surface area contributed by atoms with E-state index in [0.29, 0.717) is 0 Å². The second-order valence-electron chi connectivity index (χ2n) is 4.44. The van der Waals surface area contributed by atoms with Crippen molar-refractivity contribution < 1.29 is 8.42 Å². The van der Waals surface area contributed by atoms with Crippen LogP contribution >= 0.6 is 11.6 Å². The lowest BCUT2D eigenvalue weighted by atomic mass is 10.1. The highest BCUT2D eigenvalue weighted by Gasteiger charge is 2.23. The average molecular weight is 315 g/mol. The first-order chi connectivity index (χ1) is 9.33. The van der Waals surface area contributed by atoms with E-state index in [2.05, 4.69) is 14.8 Å². The van der Waals surface area contributed by atoms with Crippen LogP contribution in [-0.2, 0) is 17.1 Å². The smallest absolute Gasteiger partial charge is 0.244 e. The lowest BCUT2D eigenvalue weighted by Crippen LogP contribution is -2.27. The highest BCUT2D eigenvalue weighted by atomic mass is 35.5. The minimum Gasteiger partial charge on any atom is -0.273 e. The van der Waals surface area contributed by atoms with Crippen molar-refractivity contribution in [2.75, 3.05) is 0 Å². The van der Waals surface area contributed by atoms with Crippen LogP contribution in [0.4, 0.5) is 0 Å². The number of aromatic nitrogens is 3. The number of rotatable bonds is 4. The summed E-state index contributed by atoms with van der Waals surface area (Å²) in [6, 6.07) is 2.53. The van der Waals surface area contributed by atoms with Gasteiger partial charge in [-0.3, -0.25) is 4.68 Å². The van der Waals surface area contributed by atoms with E-state index in [-0.39, 0.29) is 10.0 Å². The molecular formula is C12H15ClN4O2S. The molecule has 0 bridgehead atoms. The van der Waals surface area contributed by atoms with Crippen molar-refractivity contribution >= 4 is 21.6 Å². The Morgan fingerprint density at radius 2 is 2.15 bits per heavy atom. The van der Waals surface area contributed by atoms with Crippen molar-refractivity contribution in [3.05, 3.63) is 40.9 Å². The van der Waals surface area contributed by atoms with Gasteiger partial charge in [0.1, 0.15) is 10.0 Å². The fraction of sp³-hybridized carbons (Fsp3) is 0.333. The van der Waals surface area contributed by atoms with Gasteiger partial charge < -0.3 is 0 Å². The third-order valence-electron chi connectivity index (χ3n) is 3.09. The van der Waals surface area contributed by atoms with Gasteiger partial charge in [-0.2, -0.15) is 5.10 Å². The Labute approximate surface area is 122 Å². The van der Waals surface area contributed by atoms with Crippen molar-refractivity contribution in [2.24, 2.45) is 7.05 Å². The quantitative estimate of drug-likeness (QED) is 0.873. The summed E-state index contributed by atoms with van der Waals surface area (Å²) in [5.41, 5.74) is 1.72. The van der Waals surface area contributed by atoms with Gasteiger partial charge in [-0.15, -0.1) is 0 Å². The fourth-order valence-corrected chi connectivity index (χ4v) is 3.55. The number of nitrogens with zero attached hydrogens (tertiary/aromatic N) is 3. The van der Waals surface area contributed by atoms with Crippen molar-refractivity contribution in [1.82, 2.24) is 19.5 Å². The molecule has 0 radical (unpaired) electrons. The second-order valence-corrected chi connectivity index (χ2v) is 6.48. The van der Waals surface area contributed by atoms with E-state index in [1.807, 2.05) is 6.92 Å². The molecule has 2 heterocycles. The summed E-state index contributed by atoms with van der Waals surface area (Å²) in [5, 5.41) is 4.05. The van der Waals surface area contributed by atoms with Crippen LogP contribution in [-0.4, -0.2) is 23.2 Å². The molecule has 0 aliphatic rings. The normalized spacial score (nSPS) is 13.4. The fourth-order valence-electron chi connectivity index (χ4n) is 1.87. The van der Waals surface area contributed by atoms with Gasteiger partial charge in [-0.25, -0.2) is 18.1 Å². The molecule has 20 heavy (non-hydrogen) atoms. The summed E-state index contributed by atoms with van der Waals surface area (Å²) in [6.45, 7) is 3.63. The van der Waals surface area contributed by atoms with Crippen molar-refractivity contribution in [3.8, 4) is 0 Å². The molecule has 0 saturated heterocycles. The van der Waals surface area contributed by atoms with Crippen LogP contribution in [0.2, 0.25) is 5.15 Å². The molecule has 2 rings (SSSR count). The van der Waals surface area contributed by atoms with Gasteiger partial charge in [-0.1, -0.05) is 11.6 Å². The number of aryl methyl sites for hydroxylation is 1. The molecule has 0 saturated carbocycles. The highest BCUT2D eigenvalue weighted by molar-refractivity contribution is 7.89. The van der Waals surface area contributed by atoms with Crippen LogP contribution in [0.1, 0.15) is 24.2 Å². The average Bonchev–Trinajstić information content (AvgIpc) is 2.70. The van der Waals surface area contributed by atoms with E-state index < -0.39 is 16.1 Å². The van der Waals surface area contributed by atoms with Crippen molar-refractivity contribution in [1.29, 1.82) is 0 Å². The molecule has 2 aromatic heterocycles. The molecule has 1 unspecified atom stereocenters. The molecule has 0 aliphatic heterocycles. The van der Waals surface area contributed by atoms with Gasteiger partial charge in [0.2, 0.25) is 10.0 Å². The third kappa shape index (κ3) is 2.84. The van der Waals surface area contributed by atoms with Crippen molar-refractivity contribution in [2.45, 2.75) is 24.8 Å². The van der Waals surface area contributed by atoms with Crippen LogP contribution in [0.15, 0.2) is 29.4 Å². The highest BCUT2D eigenvalue weighted by Crippen LogP contribution is 2.22. The Morgan fingerprint density at radius 1 is 1.45 bits per heavy atom. The molecule has 6 nitrogen and oxygen atoms in total. The zero-order chi connectivity index (χ0) is 14.9. The SMILES string of the molecule is Cc1c(C(C)NS(=O)(=O)c2cccnc2Cl)cnn1C. The molecule has 2 aromatic rings. The summed E-state index contributed by atoms with van der Waals surface area (Å²) >= 11 is 5.83. The Bertz CT molecular complexity index is 727. The maximum Gasteiger partial charge on any atom is 0.244 e. The standard InChI is InChI=1S/C12H15ClN4O2S/c1-8(10-7-15-17(3)9(10)2)16-20(18,19)11-5-4-6-14-12(11)13/h4-8,16H,1-3H3. The topological polar surface area (TPSA) is 76.9 Å². The van der Waals surface area contributed by atoms with E-state index in [1.54, 1.807) is 24.9 Å². The first kappa shape index (κ1) is 15.0. The summed E-state index contributed by atoms with van der Waals surface area (Å²) < 4.78 is 28.9. The lowest BCUT2D eigenvalue weighted by molar-refractivity contribution is 0.566. The Morgan fingerprint density at radius 3 is 2.70 bits per heavy atom. The molecule has 8 heteroatoms. The van der Waals surface area contributed by atoms with Gasteiger partial charge in [0.25, 0.3) is 0 Å². The van der Waals surface area contributed by atoms with Crippen LogP contribution in [0.5, 0.6) is 0 Å². The molecule has 0 aliphatic carbocycles. The summed E-state index contributed by atoms with van der Waals surface area (Å²) in [6.07, 6.45) is 3.09. The first-order valence-electron chi connectivity index (χ1n) is 5.94. The molecule has 1 N–H and O–H groups in total. The molecule has 0 fully saturated rings. The van der Waals surface area contributed by atoms with Crippen LogP contribution < -0.4 is 4.72 Å². The van der Waals surface area contributed by atoms with Gasteiger partial charge in [0.15, 0.2) is 0 Å². The summed E-state index contributed by atoms with van der Waals surface area (Å²) in [5.74, 6) is 0. The molecule has 1 atom stereocenters. The molecule has 0 amide bonds. The zero-order valence-electron chi connectivity index (χ0n) is 11.3. The Hall–Kier alpha value is -1.44. The van der Waals surface area contributed by atoms with Gasteiger partial charge in [-0.05, 0) is 26.0 Å². The molecule has 0 spiro atoms. The van der Waals surface area contributed by atoms with Crippen molar-refractivity contribution in [3.63, 3.8) is 0 Å². The molecule has 0 aromatic carbocycles. The zero-order valence-corrected chi connectivity index (χ0v) is 12.9. The van der Waals surface area contributed by atoms with E-state index in [1.165, 1.54) is 18.3 Å². The Kier molecular flexibility index (Phi) is 4.12. The minimum absolute atomic E-state index is 0.0324. The summed E-state index contributed by atoms with van der Waals surface area (Å²) in [7, 11) is -1.92. The number of halogens is 1. The Balaban J connectivity index is 2.29. The van der Waals surface area contributed by atoms with Gasteiger partial charge in [0.05, 0.1) is 6.20 Å². The maximum absolute atomic E-state index is 12.3. The minimum atomic E-state index is -3.73. The number of pyridine rings is 1.